The molecule has 0 unspecified atom stereocenters. The molecule has 0 aromatic heterocycles. The Labute approximate surface area is 62.6 Å². The zero-order chi connectivity index (χ0) is 7.40. The molecule has 0 aliphatic carbocycles. The van der Waals surface area contributed by atoms with Gasteiger partial charge in [-0.3, -0.25) is 0 Å². The molecule has 0 radical (unpaired) electrons. The number of hydrogen-bond donors (Lipinski definition) is 0. The highest BCUT2D eigenvalue weighted by atomic mass is 28.2. The van der Waals surface area contributed by atoms with E-state index in [1.54, 1.807) is 24.3 Å². The molecule has 0 aliphatic rings. The van der Waals surface area contributed by atoms with Crippen molar-refractivity contribution in [3.63, 3.8) is 0 Å². The van der Waals surface area contributed by atoms with Crippen molar-refractivity contribution in [3.8, 4) is 11.8 Å². The molecule has 0 atom stereocenters. The Bertz CT molecular complexity index is 249. The van der Waals surface area contributed by atoms with Gasteiger partial charge in [-0.05, 0) is 24.3 Å². The first-order valence-electron chi connectivity index (χ1n) is 2.91. The Balaban J connectivity index is 2.93. The van der Waals surface area contributed by atoms with Gasteiger partial charge >= 0.3 is 0 Å². The molecule has 0 saturated heterocycles. The lowest BCUT2D eigenvalue weighted by Crippen LogP contribution is -1.83. The lowest BCUT2D eigenvalue weighted by molar-refractivity contribution is 0.616. The minimum atomic E-state index is 0.669. The van der Waals surface area contributed by atoms with E-state index in [1.807, 2.05) is 6.07 Å². The lowest BCUT2D eigenvalue weighted by atomic mass is 10.2. The number of benzene rings is 1. The summed E-state index contributed by atoms with van der Waals surface area (Å²) in [6.07, 6.45) is 0. The van der Waals surface area contributed by atoms with Crippen LogP contribution in [0.5, 0.6) is 5.75 Å². The molecule has 1 rings (SSSR count). The molecule has 0 saturated carbocycles. The molecule has 0 heterocycles. The highest BCUT2D eigenvalue weighted by molar-refractivity contribution is 5.99. The predicted octanol–water partition coefficient (Wildman–Crippen LogP) is 0.217. The molecule has 50 valence electrons. The molecule has 0 N–H and O–H groups in total. The average Bonchev–Trinajstić information content (AvgIpc) is 2.05. The van der Waals surface area contributed by atoms with Crippen molar-refractivity contribution >= 4 is 10.5 Å². The summed E-state index contributed by atoms with van der Waals surface area (Å²) in [6.45, 7) is 0. The summed E-state index contributed by atoms with van der Waals surface area (Å²) in [6, 6.07) is 9.11. The van der Waals surface area contributed by atoms with Gasteiger partial charge in [-0.2, -0.15) is 5.26 Å². The zero-order valence-electron chi connectivity index (χ0n) is 5.66. The SMILES string of the molecule is N#Cc1ccc(O[SiH3])cc1. The van der Waals surface area contributed by atoms with Crippen LogP contribution in [0, 0.1) is 11.3 Å². The van der Waals surface area contributed by atoms with E-state index in [-0.39, 0.29) is 0 Å². The maximum absolute atomic E-state index is 8.42. The molecule has 0 spiro atoms. The Morgan fingerprint density at radius 2 is 1.90 bits per heavy atom. The van der Waals surface area contributed by atoms with Crippen LogP contribution in [-0.2, 0) is 0 Å². The van der Waals surface area contributed by atoms with Gasteiger partial charge in [0.15, 0.2) is 0 Å². The Morgan fingerprint density at radius 1 is 1.30 bits per heavy atom. The van der Waals surface area contributed by atoms with E-state index in [0.29, 0.717) is 16.0 Å². The Morgan fingerprint density at radius 3 is 2.30 bits per heavy atom. The van der Waals surface area contributed by atoms with Crippen LogP contribution in [0.4, 0.5) is 0 Å². The Kier molecular flexibility index (Phi) is 2.08. The first-order valence-corrected chi connectivity index (χ1v) is 3.72. The fraction of sp³-hybridized carbons (Fsp3) is 0. The number of rotatable bonds is 1. The van der Waals surface area contributed by atoms with Gasteiger partial charge in [0.05, 0.1) is 11.6 Å². The van der Waals surface area contributed by atoms with Crippen LogP contribution in [0.15, 0.2) is 24.3 Å². The van der Waals surface area contributed by atoms with E-state index in [9.17, 15) is 0 Å². The smallest absolute Gasteiger partial charge is 0.204 e. The predicted molar refractivity (Wildman–Crippen MR) is 41.7 cm³/mol. The molecule has 1 aromatic rings. The van der Waals surface area contributed by atoms with Crippen molar-refractivity contribution in [2.24, 2.45) is 0 Å². The van der Waals surface area contributed by atoms with Crippen LogP contribution in [-0.4, -0.2) is 10.5 Å². The first kappa shape index (κ1) is 6.84. The first-order chi connectivity index (χ1) is 4.86. The Hall–Kier alpha value is -1.27. The van der Waals surface area contributed by atoms with Crippen LogP contribution in [0.1, 0.15) is 5.56 Å². The third-order valence-electron chi connectivity index (χ3n) is 1.22. The molecule has 2 nitrogen and oxygen atoms in total. The van der Waals surface area contributed by atoms with Crippen LogP contribution < -0.4 is 4.43 Å². The topological polar surface area (TPSA) is 33.0 Å². The van der Waals surface area contributed by atoms with Gasteiger partial charge in [-0.25, -0.2) is 0 Å². The molecule has 10 heavy (non-hydrogen) atoms. The highest BCUT2D eigenvalue weighted by Gasteiger charge is 1.88. The van der Waals surface area contributed by atoms with Gasteiger partial charge < -0.3 is 4.43 Å². The van der Waals surface area contributed by atoms with Crippen molar-refractivity contribution in [1.29, 1.82) is 5.26 Å². The summed E-state index contributed by atoms with van der Waals surface area (Å²) in [5.41, 5.74) is 0.669. The quantitative estimate of drug-likeness (QED) is 0.535. The van der Waals surface area contributed by atoms with Gasteiger partial charge in [0, 0.05) is 0 Å². The van der Waals surface area contributed by atoms with E-state index >= 15 is 0 Å². The summed E-state index contributed by atoms with van der Waals surface area (Å²) in [5, 5.41) is 8.42. The van der Waals surface area contributed by atoms with E-state index in [4.69, 9.17) is 9.69 Å². The van der Waals surface area contributed by atoms with Gasteiger partial charge in [-0.1, -0.05) is 0 Å². The normalized spacial score (nSPS) is 8.70. The van der Waals surface area contributed by atoms with Crippen molar-refractivity contribution in [3.05, 3.63) is 29.8 Å². The minimum Gasteiger partial charge on any atom is -0.553 e. The van der Waals surface area contributed by atoms with E-state index in [2.05, 4.69) is 0 Å². The summed E-state index contributed by atoms with van der Waals surface area (Å²) >= 11 is 0. The van der Waals surface area contributed by atoms with E-state index in [1.165, 1.54) is 0 Å². The average molecular weight is 149 g/mol. The number of hydrogen-bond acceptors (Lipinski definition) is 2. The highest BCUT2D eigenvalue weighted by Crippen LogP contribution is 2.09. The van der Waals surface area contributed by atoms with Crippen molar-refractivity contribution in [2.45, 2.75) is 0 Å². The van der Waals surface area contributed by atoms with Crippen molar-refractivity contribution < 1.29 is 4.43 Å². The van der Waals surface area contributed by atoms with Crippen LogP contribution in [0.25, 0.3) is 0 Å². The van der Waals surface area contributed by atoms with Gasteiger partial charge in [0.2, 0.25) is 10.5 Å². The van der Waals surface area contributed by atoms with Crippen molar-refractivity contribution in [2.75, 3.05) is 0 Å². The van der Waals surface area contributed by atoms with E-state index in [0.717, 1.165) is 5.75 Å². The number of nitrogens with zero attached hydrogens (tertiary/aromatic N) is 1. The standard InChI is InChI=1S/C7H7NOSi/c8-5-6-1-3-7(9-10)4-2-6/h1-4H,10H3. The maximum atomic E-state index is 8.42. The third-order valence-corrected chi connectivity index (χ3v) is 1.69. The van der Waals surface area contributed by atoms with Gasteiger partial charge in [0.1, 0.15) is 5.75 Å². The maximum Gasteiger partial charge on any atom is 0.204 e. The van der Waals surface area contributed by atoms with Crippen LogP contribution >= 0.6 is 0 Å². The monoisotopic (exact) mass is 149 g/mol. The van der Waals surface area contributed by atoms with Crippen molar-refractivity contribution in [1.82, 2.24) is 0 Å². The molecule has 0 aliphatic heterocycles. The van der Waals surface area contributed by atoms with E-state index < -0.39 is 0 Å². The second kappa shape index (κ2) is 3.04. The fourth-order valence-electron chi connectivity index (χ4n) is 0.666. The molecular formula is C7H7NOSi. The molecule has 3 heteroatoms. The molecular weight excluding hydrogens is 142 g/mol. The zero-order valence-corrected chi connectivity index (χ0v) is 7.66. The molecule has 0 bridgehead atoms. The summed E-state index contributed by atoms with van der Waals surface area (Å²) in [4.78, 5) is 0. The summed E-state index contributed by atoms with van der Waals surface area (Å²) in [5.74, 6) is 0.839. The van der Waals surface area contributed by atoms with Crippen LogP contribution in [0.3, 0.4) is 0 Å². The second-order valence-electron chi connectivity index (χ2n) is 1.84. The fourth-order valence-corrected chi connectivity index (χ4v) is 0.938. The largest absolute Gasteiger partial charge is 0.553 e. The molecule has 1 aromatic carbocycles. The molecule has 0 fully saturated rings. The number of nitriles is 1. The second-order valence-corrected chi connectivity index (χ2v) is 2.25. The minimum absolute atomic E-state index is 0.669. The van der Waals surface area contributed by atoms with Gasteiger partial charge in [-0.15, -0.1) is 0 Å². The molecule has 0 amide bonds. The van der Waals surface area contributed by atoms with Gasteiger partial charge in [0.25, 0.3) is 0 Å². The summed E-state index contributed by atoms with van der Waals surface area (Å²) < 4.78 is 5.04. The third kappa shape index (κ3) is 1.36. The van der Waals surface area contributed by atoms with Crippen LogP contribution in [0.2, 0.25) is 0 Å². The lowest BCUT2D eigenvalue weighted by Gasteiger charge is -1.97. The summed E-state index contributed by atoms with van der Waals surface area (Å²) in [7, 11) is 0.693.